The molecule has 0 atom stereocenters. The van der Waals surface area contributed by atoms with Crippen molar-refractivity contribution in [2.75, 3.05) is 18.0 Å². The van der Waals surface area contributed by atoms with Gasteiger partial charge in [-0.15, -0.1) is 0 Å². The second-order valence-electron chi connectivity index (χ2n) is 5.46. The lowest BCUT2D eigenvalue weighted by Crippen LogP contribution is -2.12. The van der Waals surface area contributed by atoms with Gasteiger partial charge in [0.1, 0.15) is 17.8 Å². The summed E-state index contributed by atoms with van der Waals surface area (Å²) in [6.07, 6.45) is 1.10. The zero-order valence-electron chi connectivity index (χ0n) is 14.9. The number of benzene rings is 2. The molecule has 29 heavy (non-hydrogen) atoms. The smallest absolute Gasteiger partial charge is 0.374 e. The number of nitro groups is 2. The predicted octanol–water partition coefficient (Wildman–Crippen LogP) is 3.53. The van der Waals surface area contributed by atoms with Crippen molar-refractivity contribution in [1.29, 1.82) is 0 Å². The minimum absolute atomic E-state index is 0.0845. The van der Waals surface area contributed by atoms with Crippen molar-refractivity contribution in [2.24, 2.45) is 0 Å². The molecule has 0 radical (unpaired) electrons. The summed E-state index contributed by atoms with van der Waals surface area (Å²) in [6.45, 7) is 0. The maximum absolute atomic E-state index is 11.5. The molecule has 0 aliphatic heterocycles. The molecule has 1 heterocycles. The average molecular weight is 398 g/mol. The summed E-state index contributed by atoms with van der Waals surface area (Å²) in [5.74, 6) is 0.515. The summed E-state index contributed by atoms with van der Waals surface area (Å²) < 4.78 is 10.6. The molecule has 0 saturated carbocycles. The van der Waals surface area contributed by atoms with Gasteiger partial charge in [0, 0.05) is 12.1 Å². The van der Waals surface area contributed by atoms with Gasteiger partial charge in [0.25, 0.3) is 5.69 Å². The van der Waals surface area contributed by atoms with Crippen LogP contribution in [0.5, 0.6) is 17.4 Å². The number of nitrogens with zero attached hydrogens (tertiary/aromatic N) is 4. The van der Waals surface area contributed by atoms with E-state index >= 15 is 0 Å². The molecule has 0 amide bonds. The molecule has 0 unspecified atom stereocenters. The first-order chi connectivity index (χ1) is 14.0. The Kier molecular flexibility index (Phi) is 5.64. The van der Waals surface area contributed by atoms with Gasteiger partial charge in [0.05, 0.1) is 22.6 Å². The maximum Gasteiger partial charge on any atom is 0.374 e. The molecule has 0 spiro atoms. The number of hydrogen-bond acceptors (Lipinski definition) is 10. The summed E-state index contributed by atoms with van der Waals surface area (Å²) in [7, 11) is 1.51. The summed E-state index contributed by atoms with van der Waals surface area (Å²) >= 11 is 0. The van der Waals surface area contributed by atoms with Crippen LogP contribution in [0.2, 0.25) is 0 Å². The van der Waals surface area contributed by atoms with E-state index in [-0.39, 0.29) is 17.4 Å². The van der Waals surface area contributed by atoms with Crippen LogP contribution in [0.25, 0.3) is 0 Å². The van der Waals surface area contributed by atoms with Gasteiger partial charge in [0.2, 0.25) is 5.82 Å². The number of methoxy groups -OCH3 is 1. The number of nitrogens with one attached hydrogen (secondary N) is 2. The van der Waals surface area contributed by atoms with Crippen molar-refractivity contribution in [3.8, 4) is 17.4 Å². The SMILES string of the molecule is COc1ccc(Oc2ncnc(NNc3ccc([N+](=O)[O-])cc3)c2[N+](=O)[O-])cc1. The fraction of sp³-hybridized carbons (Fsp3) is 0.0588. The van der Waals surface area contributed by atoms with Crippen LogP contribution >= 0.6 is 0 Å². The van der Waals surface area contributed by atoms with Crippen molar-refractivity contribution in [1.82, 2.24) is 9.97 Å². The molecule has 1 aromatic heterocycles. The van der Waals surface area contributed by atoms with E-state index in [1.807, 2.05) is 0 Å². The fourth-order valence-electron chi connectivity index (χ4n) is 2.25. The number of hydrogen-bond donors (Lipinski definition) is 2. The lowest BCUT2D eigenvalue weighted by molar-refractivity contribution is -0.385. The highest BCUT2D eigenvalue weighted by Crippen LogP contribution is 2.34. The van der Waals surface area contributed by atoms with E-state index in [4.69, 9.17) is 9.47 Å². The minimum Gasteiger partial charge on any atom is -0.497 e. The third-order valence-corrected chi connectivity index (χ3v) is 3.65. The van der Waals surface area contributed by atoms with Crippen LogP contribution in [0, 0.1) is 20.2 Å². The Morgan fingerprint density at radius 3 is 2.10 bits per heavy atom. The first kappa shape index (κ1) is 19.3. The van der Waals surface area contributed by atoms with Crippen LogP contribution in [-0.2, 0) is 0 Å². The summed E-state index contributed by atoms with van der Waals surface area (Å²) in [4.78, 5) is 28.7. The van der Waals surface area contributed by atoms with Crippen LogP contribution in [0.1, 0.15) is 0 Å². The predicted molar refractivity (Wildman–Crippen MR) is 102 cm³/mol. The standard InChI is InChI=1S/C17H14N6O6/c1-28-13-6-8-14(9-7-13)29-17-15(23(26)27)16(18-10-19-17)21-20-11-2-4-12(5-3-11)22(24)25/h2-10,20H,1H3,(H,18,19,21). The third-order valence-electron chi connectivity index (χ3n) is 3.65. The number of non-ortho nitro benzene ring substituents is 1. The zero-order chi connectivity index (χ0) is 20.8. The Morgan fingerprint density at radius 1 is 0.862 bits per heavy atom. The molecule has 12 heteroatoms. The second-order valence-corrected chi connectivity index (χ2v) is 5.46. The highest BCUT2D eigenvalue weighted by Gasteiger charge is 2.25. The minimum atomic E-state index is -0.682. The Hall–Kier alpha value is -4.48. The third kappa shape index (κ3) is 4.63. The molecule has 148 valence electrons. The lowest BCUT2D eigenvalue weighted by Gasteiger charge is -2.11. The molecule has 0 aliphatic carbocycles. The van der Waals surface area contributed by atoms with Crippen molar-refractivity contribution in [2.45, 2.75) is 0 Å². The van der Waals surface area contributed by atoms with Crippen LogP contribution in [0.15, 0.2) is 54.9 Å². The highest BCUT2D eigenvalue weighted by atomic mass is 16.6. The van der Waals surface area contributed by atoms with Crippen LogP contribution in [0.3, 0.4) is 0 Å². The molecule has 2 aromatic carbocycles. The average Bonchev–Trinajstić information content (AvgIpc) is 2.73. The van der Waals surface area contributed by atoms with Gasteiger partial charge in [0.15, 0.2) is 0 Å². The highest BCUT2D eigenvalue weighted by molar-refractivity contribution is 5.64. The largest absolute Gasteiger partial charge is 0.497 e. The first-order valence-corrected chi connectivity index (χ1v) is 8.05. The topological polar surface area (TPSA) is 155 Å². The van der Waals surface area contributed by atoms with Gasteiger partial charge < -0.3 is 9.47 Å². The Bertz CT molecular complexity index is 1030. The molecule has 0 fully saturated rings. The molecule has 2 N–H and O–H groups in total. The summed E-state index contributed by atoms with van der Waals surface area (Å²) in [5, 5.41) is 22.2. The molecule has 0 aliphatic rings. The van der Waals surface area contributed by atoms with Crippen LogP contribution in [-0.4, -0.2) is 26.9 Å². The van der Waals surface area contributed by atoms with Crippen molar-refractivity contribution < 1.29 is 19.3 Å². The van der Waals surface area contributed by atoms with E-state index < -0.39 is 15.5 Å². The molecular weight excluding hydrogens is 384 g/mol. The molecule has 0 bridgehead atoms. The Balaban J connectivity index is 1.80. The summed E-state index contributed by atoms with van der Waals surface area (Å²) in [6, 6.07) is 11.9. The molecule has 3 aromatic rings. The monoisotopic (exact) mass is 398 g/mol. The fourth-order valence-corrected chi connectivity index (χ4v) is 2.25. The normalized spacial score (nSPS) is 10.1. The quantitative estimate of drug-likeness (QED) is 0.425. The van der Waals surface area contributed by atoms with Gasteiger partial charge in [-0.1, -0.05) is 0 Å². The van der Waals surface area contributed by atoms with E-state index in [0.717, 1.165) is 6.33 Å². The van der Waals surface area contributed by atoms with Gasteiger partial charge in [-0.25, -0.2) is 4.98 Å². The van der Waals surface area contributed by atoms with E-state index in [1.54, 1.807) is 24.3 Å². The maximum atomic E-state index is 11.5. The van der Waals surface area contributed by atoms with Gasteiger partial charge in [-0.2, -0.15) is 4.98 Å². The molecule has 0 saturated heterocycles. The van der Waals surface area contributed by atoms with Crippen molar-refractivity contribution in [3.63, 3.8) is 0 Å². The van der Waals surface area contributed by atoms with Gasteiger partial charge in [-0.3, -0.25) is 31.1 Å². The summed E-state index contributed by atoms with van der Waals surface area (Å²) in [5.41, 5.74) is 5.14. The number of aromatic nitrogens is 2. The zero-order valence-corrected chi connectivity index (χ0v) is 14.9. The second kappa shape index (κ2) is 8.47. The van der Waals surface area contributed by atoms with Crippen molar-refractivity contribution >= 4 is 22.9 Å². The van der Waals surface area contributed by atoms with Crippen molar-refractivity contribution in [3.05, 3.63) is 75.1 Å². The molecular formula is C17H14N6O6. The van der Waals surface area contributed by atoms with E-state index in [9.17, 15) is 20.2 Å². The van der Waals surface area contributed by atoms with Crippen LogP contribution < -0.4 is 20.3 Å². The Labute approximate surface area is 163 Å². The number of anilines is 2. The number of ether oxygens (including phenoxy) is 2. The number of nitro benzene ring substituents is 1. The first-order valence-electron chi connectivity index (χ1n) is 8.05. The van der Waals surface area contributed by atoms with E-state index in [0.29, 0.717) is 17.2 Å². The van der Waals surface area contributed by atoms with Crippen LogP contribution in [0.4, 0.5) is 22.9 Å². The van der Waals surface area contributed by atoms with E-state index in [1.165, 1.54) is 31.4 Å². The molecule has 12 nitrogen and oxygen atoms in total. The van der Waals surface area contributed by atoms with E-state index in [2.05, 4.69) is 20.8 Å². The number of hydrazine groups is 1. The lowest BCUT2D eigenvalue weighted by atomic mass is 10.3. The Morgan fingerprint density at radius 2 is 1.52 bits per heavy atom. The molecule has 3 rings (SSSR count). The van der Waals surface area contributed by atoms with Gasteiger partial charge >= 0.3 is 11.6 Å². The number of rotatable bonds is 8. The van der Waals surface area contributed by atoms with Gasteiger partial charge in [-0.05, 0) is 36.4 Å².